The molecule has 6 nitrogen and oxygen atoms in total. The molecular formula is C19H20F3N5O. The van der Waals surface area contributed by atoms with Crippen LogP contribution in [0.4, 0.5) is 19.0 Å². The number of alkyl halides is 3. The lowest BCUT2D eigenvalue weighted by atomic mass is 10.1. The predicted molar refractivity (Wildman–Crippen MR) is 100 cm³/mol. The second-order valence-corrected chi connectivity index (χ2v) is 6.83. The molecule has 0 aliphatic carbocycles. The number of carbonyl (C=O) groups excluding carboxylic acids is 1. The lowest BCUT2D eigenvalue weighted by molar-refractivity contribution is -0.114. The molecule has 0 spiro atoms. The molecule has 1 amide bonds. The molecule has 28 heavy (non-hydrogen) atoms. The summed E-state index contributed by atoms with van der Waals surface area (Å²) in [7, 11) is 0. The largest absolute Gasteiger partial charge is 0.340 e. The molecule has 1 atom stereocenters. The number of nitrogens with one attached hydrogen (secondary N) is 1. The first-order valence-corrected chi connectivity index (χ1v) is 8.68. The highest BCUT2D eigenvalue weighted by atomic mass is 19.3. The lowest BCUT2D eigenvalue weighted by Gasteiger charge is -2.11. The van der Waals surface area contributed by atoms with Gasteiger partial charge in [-0.1, -0.05) is 0 Å². The van der Waals surface area contributed by atoms with Crippen LogP contribution in [0.1, 0.15) is 38.3 Å². The third-order valence-corrected chi connectivity index (χ3v) is 4.24. The number of anilines is 1. The fourth-order valence-electron chi connectivity index (χ4n) is 2.94. The maximum atomic E-state index is 13.8. The molecule has 3 aromatic heterocycles. The minimum absolute atomic E-state index is 0.291. The molecule has 148 valence electrons. The highest BCUT2D eigenvalue weighted by molar-refractivity contribution is 5.98. The van der Waals surface area contributed by atoms with Crippen molar-refractivity contribution in [2.75, 3.05) is 12.0 Å². The monoisotopic (exact) mass is 391 g/mol. The van der Waals surface area contributed by atoms with Crippen molar-refractivity contribution >= 4 is 22.6 Å². The Morgan fingerprint density at radius 2 is 2.04 bits per heavy atom. The van der Waals surface area contributed by atoms with E-state index in [2.05, 4.69) is 20.3 Å². The number of hydrogen-bond donors (Lipinski definition) is 1. The lowest BCUT2D eigenvalue weighted by Crippen LogP contribution is -2.13. The van der Waals surface area contributed by atoms with E-state index in [0.29, 0.717) is 33.7 Å². The fourth-order valence-corrected chi connectivity index (χ4v) is 2.94. The zero-order chi connectivity index (χ0) is 20.6. The second kappa shape index (κ2) is 7.21. The van der Waals surface area contributed by atoms with Crippen LogP contribution in [0, 0.1) is 6.92 Å². The van der Waals surface area contributed by atoms with Crippen LogP contribution in [0.5, 0.6) is 0 Å². The van der Waals surface area contributed by atoms with Gasteiger partial charge < -0.3 is 9.88 Å². The van der Waals surface area contributed by atoms with Crippen LogP contribution in [-0.2, 0) is 10.7 Å². The van der Waals surface area contributed by atoms with Crippen molar-refractivity contribution in [3.63, 3.8) is 0 Å². The third-order valence-electron chi connectivity index (χ3n) is 4.24. The Balaban J connectivity index is 2.27. The van der Waals surface area contributed by atoms with Gasteiger partial charge in [-0.25, -0.2) is 19.3 Å². The van der Waals surface area contributed by atoms with Crippen molar-refractivity contribution in [2.24, 2.45) is 0 Å². The Morgan fingerprint density at radius 1 is 1.32 bits per heavy atom. The van der Waals surface area contributed by atoms with Crippen LogP contribution in [0.2, 0.25) is 0 Å². The summed E-state index contributed by atoms with van der Waals surface area (Å²) >= 11 is 0. The van der Waals surface area contributed by atoms with Crippen molar-refractivity contribution < 1.29 is 18.0 Å². The number of pyridine rings is 1. The fraction of sp³-hybridized carbons (Fsp3) is 0.368. The van der Waals surface area contributed by atoms with Gasteiger partial charge in [0.05, 0.1) is 23.4 Å². The maximum absolute atomic E-state index is 13.8. The van der Waals surface area contributed by atoms with E-state index in [4.69, 9.17) is 0 Å². The number of aromatic nitrogens is 4. The van der Waals surface area contributed by atoms with Gasteiger partial charge in [0.25, 0.3) is 0 Å². The zero-order valence-corrected chi connectivity index (χ0v) is 15.9. The molecule has 1 unspecified atom stereocenters. The van der Waals surface area contributed by atoms with Crippen molar-refractivity contribution in [3.8, 4) is 11.3 Å². The van der Waals surface area contributed by atoms with Gasteiger partial charge in [0.1, 0.15) is 12.5 Å². The topological polar surface area (TPSA) is 72.7 Å². The van der Waals surface area contributed by atoms with Gasteiger partial charge in [-0.05, 0) is 26.0 Å². The van der Waals surface area contributed by atoms with E-state index >= 15 is 0 Å². The van der Waals surface area contributed by atoms with Crippen LogP contribution in [-0.4, -0.2) is 32.1 Å². The molecule has 1 N–H and O–H groups in total. The maximum Gasteiger partial charge on any atom is 0.303 e. The number of aryl methyl sites for hydroxylation is 1. The first-order chi connectivity index (χ1) is 13.1. The number of rotatable bonds is 5. The van der Waals surface area contributed by atoms with E-state index in [0.717, 1.165) is 6.92 Å². The van der Waals surface area contributed by atoms with Crippen LogP contribution >= 0.6 is 0 Å². The van der Waals surface area contributed by atoms with E-state index < -0.39 is 24.5 Å². The SMILES string of the molecule is CC(=O)Nc1cc2c(-c3cc(C)nc(C(C)(F)F)n3)cn(C(C)CF)c2cn1. The van der Waals surface area contributed by atoms with Gasteiger partial charge in [-0.3, -0.25) is 4.79 Å². The number of nitrogens with zero attached hydrogens (tertiary/aromatic N) is 4. The van der Waals surface area contributed by atoms with Crippen molar-refractivity contribution in [1.82, 2.24) is 19.5 Å². The van der Waals surface area contributed by atoms with E-state index in [1.54, 1.807) is 36.7 Å². The first-order valence-electron chi connectivity index (χ1n) is 8.68. The minimum atomic E-state index is -3.20. The average Bonchev–Trinajstić information content (AvgIpc) is 2.98. The molecule has 0 aliphatic rings. The molecule has 3 rings (SSSR count). The molecular weight excluding hydrogens is 371 g/mol. The Bertz CT molecular complexity index is 1040. The van der Waals surface area contributed by atoms with Crippen LogP contribution in [0.25, 0.3) is 22.2 Å². The number of hydrogen-bond acceptors (Lipinski definition) is 4. The first kappa shape index (κ1) is 19.8. The summed E-state index contributed by atoms with van der Waals surface area (Å²) < 4.78 is 42.6. The van der Waals surface area contributed by atoms with Gasteiger partial charge in [0.2, 0.25) is 5.91 Å². The molecule has 0 aromatic carbocycles. The molecule has 0 radical (unpaired) electrons. The summed E-state index contributed by atoms with van der Waals surface area (Å²) in [5.41, 5.74) is 1.81. The van der Waals surface area contributed by atoms with Gasteiger partial charge in [-0.15, -0.1) is 0 Å². The van der Waals surface area contributed by atoms with E-state index in [-0.39, 0.29) is 5.91 Å². The number of fused-ring (bicyclic) bond motifs is 1. The standard InChI is InChI=1S/C19H20F3N5O/c1-10-5-15(26-18(24-10)19(4,21)22)14-9-27(11(2)7-20)16-8-23-17(6-13(14)16)25-12(3)28/h5-6,8-9,11H,7H2,1-4H3,(H,23,25,28). The summed E-state index contributed by atoms with van der Waals surface area (Å²) in [6, 6.07) is 2.72. The van der Waals surface area contributed by atoms with Crippen molar-refractivity contribution in [2.45, 2.75) is 39.7 Å². The third kappa shape index (κ3) is 3.83. The Kier molecular flexibility index (Phi) is 5.10. The van der Waals surface area contributed by atoms with Crippen LogP contribution < -0.4 is 5.32 Å². The predicted octanol–water partition coefficient (Wildman–Crippen LogP) is 4.40. The minimum Gasteiger partial charge on any atom is -0.340 e. The smallest absolute Gasteiger partial charge is 0.303 e. The van der Waals surface area contributed by atoms with Crippen molar-refractivity contribution in [3.05, 3.63) is 36.0 Å². The van der Waals surface area contributed by atoms with Gasteiger partial charge in [0, 0.05) is 36.7 Å². The average molecular weight is 391 g/mol. The van der Waals surface area contributed by atoms with E-state index in [9.17, 15) is 18.0 Å². The zero-order valence-electron chi connectivity index (χ0n) is 15.9. The second-order valence-electron chi connectivity index (χ2n) is 6.83. The summed E-state index contributed by atoms with van der Waals surface area (Å²) in [6.07, 6.45) is 3.17. The Labute approximate surface area is 159 Å². The number of halogens is 3. The van der Waals surface area contributed by atoms with Gasteiger partial charge >= 0.3 is 5.92 Å². The summed E-state index contributed by atoms with van der Waals surface area (Å²) in [4.78, 5) is 23.4. The highest BCUT2D eigenvalue weighted by Gasteiger charge is 2.29. The number of amides is 1. The molecule has 0 saturated heterocycles. The molecule has 0 fully saturated rings. The highest BCUT2D eigenvalue weighted by Crippen LogP contribution is 2.34. The molecule has 0 aliphatic heterocycles. The van der Waals surface area contributed by atoms with Crippen LogP contribution in [0.3, 0.4) is 0 Å². The molecule has 0 saturated carbocycles. The Hall–Kier alpha value is -2.97. The molecule has 0 bridgehead atoms. The summed E-state index contributed by atoms with van der Waals surface area (Å²) in [5.74, 6) is -3.78. The Morgan fingerprint density at radius 3 is 2.64 bits per heavy atom. The quantitative estimate of drug-likeness (QED) is 0.700. The van der Waals surface area contributed by atoms with Crippen LogP contribution in [0.15, 0.2) is 24.5 Å². The van der Waals surface area contributed by atoms with Crippen molar-refractivity contribution in [1.29, 1.82) is 0 Å². The summed E-state index contributed by atoms with van der Waals surface area (Å²) in [6.45, 7) is 4.78. The number of carbonyl (C=O) groups is 1. The molecule has 9 heteroatoms. The summed E-state index contributed by atoms with van der Waals surface area (Å²) in [5, 5.41) is 3.20. The van der Waals surface area contributed by atoms with Gasteiger partial charge in [0.15, 0.2) is 5.82 Å². The normalized spacial score (nSPS) is 13.0. The van der Waals surface area contributed by atoms with E-state index in [1.165, 1.54) is 13.1 Å². The molecule has 3 aromatic rings. The van der Waals surface area contributed by atoms with Gasteiger partial charge in [-0.2, -0.15) is 8.78 Å². The van der Waals surface area contributed by atoms with E-state index in [1.807, 2.05) is 0 Å². The molecule has 3 heterocycles.